The molecule has 1 aliphatic rings. The average molecular weight is 183 g/mol. The highest BCUT2D eigenvalue weighted by Gasteiger charge is 2.12. The van der Waals surface area contributed by atoms with Gasteiger partial charge in [-0.05, 0) is 31.1 Å². The highest BCUT2D eigenvalue weighted by molar-refractivity contribution is 4.68. The van der Waals surface area contributed by atoms with Gasteiger partial charge in [0.15, 0.2) is 0 Å². The van der Waals surface area contributed by atoms with Crippen molar-refractivity contribution in [3.8, 4) is 0 Å². The van der Waals surface area contributed by atoms with Gasteiger partial charge in [0.1, 0.15) is 0 Å². The van der Waals surface area contributed by atoms with Gasteiger partial charge in [-0.25, -0.2) is 0 Å². The molecular formula is C12H25N. The van der Waals surface area contributed by atoms with Crippen LogP contribution in [0, 0.1) is 11.8 Å². The Labute approximate surface area is 83.1 Å². The van der Waals surface area contributed by atoms with Crippen LogP contribution in [-0.4, -0.2) is 6.04 Å². The Morgan fingerprint density at radius 3 is 2.00 bits per heavy atom. The van der Waals surface area contributed by atoms with Crippen LogP contribution in [0.4, 0.5) is 0 Å². The maximum atomic E-state index is 6.03. The molecule has 1 aliphatic carbocycles. The number of nitrogens with two attached hydrogens (primary N) is 1. The molecule has 3 unspecified atom stereocenters. The normalized spacial score (nSPS) is 38.5. The van der Waals surface area contributed by atoms with E-state index >= 15 is 0 Å². The van der Waals surface area contributed by atoms with Crippen molar-refractivity contribution < 1.29 is 0 Å². The maximum absolute atomic E-state index is 6.03. The zero-order valence-electron chi connectivity index (χ0n) is 9.26. The molecule has 1 heteroatoms. The molecule has 0 spiro atoms. The molecule has 0 amide bonds. The number of hydrogen-bond donors (Lipinski definition) is 1. The largest absolute Gasteiger partial charge is 0.328 e. The topological polar surface area (TPSA) is 26.0 Å². The minimum atomic E-state index is 0.479. The van der Waals surface area contributed by atoms with Gasteiger partial charge in [0.25, 0.3) is 0 Å². The van der Waals surface area contributed by atoms with E-state index < -0.39 is 0 Å². The third-order valence-electron chi connectivity index (χ3n) is 3.45. The Balaban J connectivity index is 2.32. The first-order chi connectivity index (χ1) is 6.18. The highest BCUT2D eigenvalue weighted by Crippen LogP contribution is 2.23. The summed E-state index contributed by atoms with van der Waals surface area (Å²) in [5.74, 6) is 1.82. The molecule has 2 N–H and O–H groups in total. The fourth-order valence-corrected chi connectivity index (χ4v) is 2.23. The van der Waals surface area contributed by atoms with E-state index in [4.69, 9.17) is 5.73 Å². The Hall–Kier alpha value is -0.0400. The van der Waals surface area contributed by atoms with Crippen LogP contribution in [0.1, 0.15) is 58.8 Å². The summed E-state index contributed by atoms with van der Waals surface area (Å²) >= 11 is 0. The minimum absolute atomic E-state index is 0.479. The lowest BCUT2D eigenvalue weighted by Gasteiger charge is -2.21. The number of rotatable bonds is 0. The highest BCUT2D eigenvalue weighted by atomic mass is 14.6. The van der Waals surface area contributed by atoms with Crippen molar-refractivity contribution in [1.29, 1.82) is 0 Å². The molecule has 0 aromatic heterocycles. The summed E-state index contributed by atoms with van der Waals surface area (Å²) in [5.41, 5.74) is 6.03. The third kappa shape index (κ3) is 4.66. The molecular weight excluding hydrogens is 158 g/mol. The van der Waals surface area contributed by atoms with Crippen molar-refractivity contribution in [2.75, 3.05) is 0 Å². The molecule has 1 fully saturated rings. The Morgan fingerprint density at radius 2 is 1.31 bits per heavy atom. The van der Waals surface area contributed by atoms with E-state index in [0.29, 0.717) is 6.04 Å². The summed E-state index contributed by atoms with van der Waals surface area (Å²) in [7, 11) is 0. The van der Waals surface area contributed by atoms with Crippen LogP contribution in [0.3, 0.4) is 0 Å². The first-order valence-electron chi connectivity index (χ1n) is 5.94. The van der Waals surface area contributed by atoms with Gasteiger partial charge in [0.2, 0.25) is 0 Å². The van der Waals surface area contributed by atoms with Gasteiger partial charge < -0.3 is 5.73 Å². The van der Waals surface area contributed by atoms with E-state index in [2.05, 4.69) is 13.8 Å². The molecule has 0 radical (unpaired) electrons. The maximum Gasteiger partial charge on any atom is 0.00389 e. The molecule has 0 heterocycles. The first kappa shape index (κ1) is 11.0. The summed E-state index contributed by atoms with van der Waals surface area (Å²) < 4.78 is 0. The molecule has 78 valence electrons. The smallest absolute Gasteiger partial charge is 0.00389 e. The predicted molar refractivity (Wildman–Crippen MR) is 58.6 cm³/mol. The Morgan fingerprint density at radius 1 is 0.769 bits per heavy atom. The summed E-state index contributed by atoms with van der Waals surface area (Å²) in [6, 6.07) is 0.479. The van der Waals surface area contributed by atoms with E-state index in [1.54, 1.807) is 0 Å². The van der Waals surface area contributed by atoms with E-state index in [9.17, 15) is 0 Å². The second-order valence-electron chi connectivity index (χ2n) is 5.06. The Kier molecular flexibility index (Phi) is 4.79. The van der Waals surface area contributed by atoms with Crippen molar-refractivity contribution >= 4 is 0 Å². The van der Waals surface area contributed by atoms with Gasteiger partial charge in [-0.2, -0.15) is 0 Å². The molecule has 1 rings (SSSR count). The summed E-state index contributed by atoms with van der Waals surface area (Å²) in [4.78, 5) is 0. The molecule has 1 nitrogen and oxygen atoms in total. The van der Waals surface area contributed by atoms with Crippen molar-refractivity contribution in [1.82, 2.24) is 0 Å². The Bertz CT molecular complexity index is 119. The minimum Gasteiger partial charge on any atom is -0.328 e. The van der Waals surface area contributed by atoms with Gasteiger partial charge in [0, 0.05) is 6.04 Å². The zero-order chi connectivity index (χ0) is 9.68. The molecule has 0 aromatic carbocycles. The monoisotopic (exact) mass is 183 g/mol. The second-order valence-corrected chi connectivity index (χ2v) is 5.06. The van der Waals surface area contributed by atoms with Crippen LogP contribution < -0.4 is 5.73 Å². The van der Waals surface area contributed by atoms with Gasteiger partial charge in [0.05, 0.1) is 0 Å². The fraction of sp³-hybridized carbons (Fsp3) is 1.00. The van der Waals surface area contributed by atoms with Crippen LogP contribution >= 0.6 is 0 Å². The molecule has 0 bridgehead atoms. The van der Waals surface area contributed by atoms with Crippen molar-refractivity contribution in [3.63, 3.8) is 0 Å². The fourth-order valence-electron chi connectivity index (χ4n) is 2.23. The van der Waals surface area contributed by atoms with E-state index in [1.807, 2.05) is 0 Å². The van der Waals surface area contributed by atoms with Crippen LogP contribution in [0.25, 0.3) is 0 Å². The van der Waals surface area contributed by atoms with Crippen molar-refractivity contribution in [3.05, 3.63) is 0 Å². The van der Waals surface area contributed by atoms with Gasteiger partial charge in [-0.15, -0.1) is 0 Å². The zero-order valence-corrected chi connectivity index (χ0v) is 9.26. The van der Waals surface area contributed by atoms with E-state index in [1.165, 1.54) is 44.9 Å². The quantitative estimate of drug-likeness (QED) is 0.612. The van der Waals surface area contributed by atoms with Crippen molar-refractivity contribution in [2.24, 2.45) is 17.6 Å². The van der Waals surface area contributed by atoms with Gasteiger partial charge in [-0.1, -0.05) is 39.5 Å². The number of hydrogen-bond acceptors (Lipinski definition) is 1. The third-order valence-corrected chi connectivity index (χ3v) is 3.45. The molecule has 13 heavy (non-hydrogen) atoms. The summed E-state index contributed by atoms with van der Waals surface area (Å²) in [5, 5.41) is 0. The van der Waals surface area contributed by atoms with E-state index in [0.717, 1.165) is 11.8 Å². The lowest BCUT2D eigenvalue weighted by atomic mass is 9.87. The molecule has 3 atom stereocenters. The van der Waals surface area contributed by atoms with E-state index in [-0.39, 0.29) is 0 Å². The molecule has 1 saturated carbocycles. The lowest BCUT2D eigenvalue weighted by molar-refractivity contribution is 0.343. The lowest BCUT2D eigenvalue weighted by Crippen LogP contribution is -2.21. The molecule has 0 aromatic rings. The second kappa shape index (κ2) is 5.64. The average Bonchev–Trinajstić information content (AvgIpc) is 2.10. The summed E-state index contributed by atoms with van der Waals surface area (Å²) in [6.45, 7) is 4.76. The molecule has 0 aliphatic heterocycles. The SMILES string of the molecule is CC1CCCC(N)CCC(C)CC1. The standard InChI is InChI=1S/C12H25N/c1-10-4-3-5-12(13)9-8-11(2)7-6-10/h10-12H,3-9,13H2,1-2H3. The molecule has 0 saturated heterocycles. The summed E-state index contributed by atoms with van der Waals surface area (Å²) in [6.07, 6.45) is 9.40. The van der Waals surface area contributed by atoms with Gasteiger partial charge in [-0.3, -0.25) is 0 Å². The van der Waals surface area contributed by atoms with Crippen LogP contribution in [-0.2, 0) is 0 Å². The first-order valence-corrected chi connectivity index (χ1v) is 5.94. The van der Waals surface area contributed by atoms with Crippen LogP contribution in [0.5, 0.6) is 0 Å². The van der Waals surface area contributed by atoms with Crippen molar-refractivity contribution in [2.45, 2.75) is 64.8 Å². The van der Waals surface area contributed by atoms with Crippen LogP contribution in [0.2, 0.25) is 0 Å². The predicted octanol–water partition coefficient (Wildman–Crippen LogP) is 3.33. The van der Waals surface area contributed by atoms with Crippen LogP contribution in [0.15, 0.2) is 0 Å². The van der Waals surface area contributed by atoms with Gasteiger partial charge >= 0.3 is 0 Å².